The van der Waals surface area contributed by atoms with Gasteiger partial charge in [0.15, 0.2) is 5.69 Å². The van der Waals surface area contributed by atoms with Crippen LogP contribution in [-0.2, 0) is 17.8 Å². The molecule has 8 nitrogen and oxygen atoms in total. The first kappa shape index (κ1) is 15.5. The Hall–Kier alpha value is -1.51. The molecule has 1 atom stereocenters. The van der Waals surface area contributed by atoms with Gasteiger partial charge in [-0.25, -0.2) is 9.48 Å². The first-order valence-electron chi connectivity index (χ1n) is 6.21. The number of carbonyl (C=O) groups is 1. The summed E-state index contributed by atoms with van der Waals surface area (Å²) in [7, 11) is 0. The summed E-state index contributed by atoms with van der Waals surface area (Å²) < 4.78 is 6.58. The topological polar surface area (TPSA) is 123 Å². The van der Waals surface area contributed by atoms with Crippen molar-refractivity contribution in [2.24, 2.45) is 5.73 Å². The quantitative estimate of drug-likeness (QED) is 0.523. The van der Waals surface area contributed by atoms with E-state index in [1.54, 1.807) is 0 Å². The van der Waals surface area contributed by atoms with Crippen LogP contribution in [0.15, 0.2) is 0 Å². The molecule has 0 fully saturated rings. The summed E-state index contributed by atoms with van der Waals surface area (Å²) in [6.45, 7) is 2.93. The van der Waals surface area contributed by atoms with Gasteiger partial charge in [-0.15, -0.1) is 5.10 Å². The van der Waals surface area contributed by atoms with Crippen molar-refractivity contribution >= 4 is 5.97 Å². The molecule has 1 rings (SSSR count). The zero-order valence-electron chi connectivity index (χ0n) is 10.9. The van der Waals surface area contributed by atoms with Crippen molar-refractivity contribution < 1.29 is 19.7 Å². The number of hydrogen-bond donors (Lipinski definition) is 3. The molecule has 108 valence electrons. The van der Waals surface area contributed by atoms with Crippen LogP contribution in [0.2, 0.25) is 0 Å². The number of aliphatic hydroxyl groups is 1. The molecular weight excluding hydrogens is 252 g/mol. The van der Waals surface area contributed by atoms with Gasteiger partial charge in [-0.05, 0) is 6.42 Å². The average molecular weight is 272 g/mol. The first-order valence-corrected chi connectivity index (χ1v) is 6.21. The Kier molecular flexibility index (Phi) is 6.40. The van der Waals surface area contributed by atoms with Gasteiger partial charge in [-0.1, -0.05) is 18.6 Å². The lowest BCUT2D eigenvalue weighted by Gasteiger charge is -2.12. The number of aromatic carboxylic acids is 1. The Balaban J connectivity index is 2.54. The lowest BCUT2D eigenvalue weighted by atomic mass is 10.3. The van der Waals surface area contributed by atoms with Crippen LogP contribution < -0.4 is 5.73 Å². The predicted octanol–water partition coefficient (Wildman–Crippen LogP) is -0.387. The zero-order chi connectivity index (χ0) is 14.3. The summed E-state index contributed by atoms with van der Waals surface area (Å²) in [6.07, 6.45) is 1.19. The molecule has 0 aliphatic rings. The molecule has 4 N–H and O–H groups in total. The molecule has 0 saturated carbocycles. The Labute approximate surface area is 111 Å². The summed E-state index contributed by atoms with van der Waals surface area (Å²) in [5.74, 6) is -1.18. The van der Waals surface area contributed by atoms with Gasteiger partial charge < -0.3 is 20.7 Å². The second-order valence-corrected chi connectivity index (χ2v) is 4.16. The van der Waals surface area contributed by atoms with Gasteiger partial charge in [0.05, 0.1) is 24.9 Å². The monoisotopic (exact) mass is 272 g/mol. The van der Waals surface area contributed by atoms with E-state index in [1.807, 2.05) is 0 Å². The standard InChI is InChI=1S/C11H20N4O4/c1-2-3-4-19-7-8(16)6-15-9(5-12)10(11(17)18)13-14-15/h8,16H,2-7,12H2,1H3,(H,17,18). The highest BCUT2D eigenvalue weighted by atomic mass is 16.5. The van der Waals surface area contributed by atoms with Crippen molar-refractivity contribution in [3.8, 4) is 0 Å². The number of aromatic nitrogens is 3. The van der Waals surface area contributed by atoms with Crippen LogP contribution in [0, 0.1) is 0 Å². The summed E-state index contributed by atoms with van der Waals surface area (Å²) in [5.41, 5.74) is 5.58. The number of carboxylic acid groups (broad SMARTS) is 1. The number of carboxylic acids is 1. The van der Waals surface area contributed by atoms with Crippen molar-refractivity contribution in [2.45, 2.75) is 39.0 Å². The SMILES string of the molecule is CCCCOCC(O)Cn1nnc(C(=O)O)c1CN. The third-order valence-corrected chi connectivity index (χ3v) is 2.57. The maximum atomic E-state index is 10.9. The van der Waals surface area contributed by atoms with E-state index in [0.29, 0.717) is 12.3 Å². The summed E-state index contributed by atoms with van der Waals surface area (Å²) in [6, 6.07) is 0. The molecule has 1 aromatic heterocycles. The molecule has 0 radical (unpaired) electrons. The molecule has 0 aliphatic heterocycles. The Morgan fingerprint density at radius 2 is 2.32 bits per heavy atom. The highest BCUT2D eigenvalue weighted by Gasteiger charge is 2.19. The molecule has 1 unspecified atom stereocenters. The number of nitrogens with two attached hydrogens (primary N) is 1. The van der Waals surface area contributed by atoms with Crippen LogP contribution in [0.3, 0.4) is 0 Å². The third kappa shape index (κ3) is 4.58. The number of nitrogens with zero attached hydrogens (tertiary/aromatic N) is 3. The van der Waals surface area contributed by atoms with Crippen molar-refractivity contribution in [1.82, 2.24) is 15.0 Å². The maximum absolute atomic E-state index is 10.9. The average Bonchev–Trinajstić information content (AvgIpc) is 2.77. The molecule has 1 heterocycles. The Bertz CT molecular complexity index is 407. The fourth-order valence-electron chi connectivity index (χ4n) is 1.57. The van der Waals surface area contributed by atoms with Gasteiger partial charge in [0.25, 0.3) is 0 Å². The maximum Gasteiger partial charge on any atom is 0.358 e. The molecule has 19 heavy (non-hydrogen) atoms. The highest BCUT2D eigenvalue weighted by Crippen LogP contribution is 2.06. The van der Waals surface area contributed by atoms with Gasteiger partial charge in [0.2, 0.25) is 0 Å². The van der Waals surface area contributed by atoms with Crippen LogP contribution in [0.25, 0.3) is 0 Å². The minimum absolute atomic E-state index is 0.00194. The van der Waals surface area contributed by atoms with E-state index in [1.165, 1.54) is 4.68 Å². The molecule has 0 amide bonds. The minimum Gasteiger partial charge on any atom is -0.476 e. The van der Waals surface area contributed by atoms with Gasteiger partial charge in [-0.3, -0.25) is 0 Å². The van der Waals surface area contributed by atoms with E-state index in [2.05, 4.69) is 17.2 Å². The second kappa shape index (κ2) is 7.82. The molecule has 0 aliphatic carbocycles. The van der Waals surface area contributed by atoms with Gasteiger partial charge in [0, 0.05) is 13.2 Å². The summed E-state index contributed by atoms with van der Waals surface area (Å²) in [5, 5.41) is 25.9. The number of unbranched alkanes of at least 4 members (excludes halogenated alkanes) is 1. The van der Waals surface area contributed by atoms with Crippen LogP contribution in [-0.4, -0.2) is 50.5 Å². The van der Waals surface area contributed by atoms with Crippen LogP contribution in [0.1, 0.15) is 35.9 Å². The van der Waals surface area contributed by atoms with E-state index < -0.39 is 12.1 Å². The molecule has 0 saturated heterocycles. The normalized spacial score (nSPS) is 12.6. The largest absolute Gasteiger partial charge is 0.476 e. The van der Waals surface area contributed by atoms with E-state index in [4.69, 9.17) is 15.6 Å². The summed E-state index contributed by atoms with van der Waals surface area (Å²) in [4.78, 5) is 10.9. The molecule has 0 bridgehead atoms. The second-order valence-electron chi connectivity index (χ2n) is 4.16. The minimum atomic E-state index is -1.18. The van der Waals surface area contributed by atoms with E-state index in [0.717, 1.165) is 12.8 Å². The molecular formula is C11H20N4O4. The molecule has 1 aromatic rings. The number of ether oxygens (including phenoxy) is 1. The number of hydrogen-bond acceptors (Lipinski definition) is 6. The summed E-state index contributed by atoms with van der Waals surface area (Å²) >= 11 is 0. The smallest absolute Gasteiger partial charge is 0.358 e. The molecule has 8 heteroatoms. The lowest BCUT2D eigenvalue weighted by molar-refractivity contribution is 0.0247. The fourth-order valence-corrected chi connectivity index (χ4v) is 1.57. The molecule has 0 spiro atoms. The van der Waals surface area contributed by atoms with Crippen LogP contribution in [0.5, 0.6) is 0 Å². The lowest BCUT2D eigenvalue weighted by Crippen LogP contribution is -2.25. The third-order valence-electron chi connectivity index (χ3n) is 2.57. The van der Waals surface area contributed by atoms with E-state index in [-0.39, 0.29) is 25.4 Å². The first-order chi connectivity index (χ1) is 9.10. The molecule has 0 aromatic carbocycles. The van der Waals surface area contributed by atoms with Gasteiger partial charge in [0.1, 0.15) is 0 Å². The predicted molar refractivity (Wildman–Crippen MR) is 66.6 cm³/mol. The van der Waals surface area contributed by atoms with Crippen LogP contribution in [0.4, 0.5) is 0 Å². The van der Waals surface area contributed by atoms with Crippen molar-refractivity contribution in [1.29, 1.82) is 0 Å². The van der Waals surface area contributed by atoms with Crippen LogP contribution >= 0.6 is 0 Å². The van der Waals surface area contributed by atoms with Crippen molar-refractivity contribution in [3.63, 3.8) is 0 Å². The van der Waals surface area contributed by atoms with Gasteiger partial charge in [-0.2, -0.15) is 0 Å². The van der Waals surface area contributed by atoms with E-state index >= 15 is 0 Å². The Morgan fingerprint density at radius 1 is 1.58 bits per heavy atom. The van der Waals surface area contributed by atoms with Crippen molar-refractivity contribution in [3.05, 3.63) is 11.4 Å². The highest BCUT2D eigenvalue weighted by molar-refractivity contribution is 5.86. The zero-order valence-corrected chi connectivity index (χ0v) is 10.9. The van der Waals surface area contributed by atoms with Crippen molar-refractivity contribution in [2.75, 3.05) is 13.2 Å². The Morgan fingerprint density at radius 3 is 2.89 bits per heavy atom. The number of rotatable bonds is 9. The van der Waals surface area contributed by atoms with Gasteiger partial charge >= 0.3 is 5.97 Å². The van der Waals surface area contributed by atoms with E-state index in [9.17, 15) is 9.90 Å². The fraction of sp³-hybridized carbons (Fsp3) is 0.727. The number of aliphatic hydroxyl groups excluding tert-OH is 1.